The Bertz CT molecular complexity index is 786. The van der Waals surface area contributed by atoms with Crippen molar-refractivity contribution in [2.45, 2.75) is 13.8 Å². The summed E-state index contributed by atoms with van der Waals surface area (Å²) >= 11 is 0. The minimum absolute atomic E-state index is 0.297. The Hall–Kier alpha value is -1.81. The van der Waals surface area contributed by atoms with Gasteiger partial charge in [0, 0.05) is 5.39 Å². The quantitative estimate of drug-likeness (QED) is 0.636. The fraction of sp³-hybridized carbons (Fsp3) is 0.235. The third-order valence-electron chi connectivity index (χ3n) is 3.27. The largest absolute Gasteiger partial charge is 0.330 e. The first-order valence-electron chi connectivity index (χ1n) is 7.54. The molecular weight excluding hydrogens is 314 g/mol. The van der Waals surface area contributed by atoms with Crippen LogP contribution in [-0.2, 0) is 9.05 Å². The lowest BCUT2D eigenvalue weighted by atomic mass is 10.2. The topological polar surface area (TPSA) is 36.3 Å². The molecule has 0 aliphatic carbocycles. The second kappa shape index (κ2) is 7.18. The van der Waals surface area contributed by atoms with Gasteiger partial charge in [0.05, 0.1) is 24.4 Å². The molecule has 6 heteroatoms. The summed E-state index contributed by atoms with van der Waals surface area (Å²) in [5.41, 5.74) is 2.38. The van der Waals surface area contributed by atoms with Crippen LogP contribution in [0.2, 0.25) is 0 Å². The maximum Gasteiger partial charge on any atom is 0.225 e. The standard InChI is InChI=1S/C17H18FN2O2P/c1-3-21-23(22-4-2)17-15-12-13(18)10-11-16(15)19-20(17)14-8-6-5-7-9-14/h5-12H,3-4H2,1-2H3. The van der Waals surface area contributed by atoms with E-state index in [-0.39, 0.29) is 5.82 Å². The average Bonchev–Trinajstić information content (AvgIpc) is 2.94. The van der Waals surface area contributed by atoms with Crippen LogP contribution < -0.4 is 5.44 Å². The third-order valence-corrected chi connectivity index (χ3v) is 5.04. The van der Waals surface area contributed by atoms with Crippen molar-refractivity contribution >= 4 is 24.7 Å². The maximum atomic E-state index is 13.8. The first-order valence-corrected chi connectivity index (χ1v) is 8.72. The zero-order valence-electron chi connectivity index (χ0n) is 13.1. The summed E-state index contributed by atoms with van der Waals surface area (Å²) in [5, 5.41) is 5.34. The van der Waals surface area contributed by atoms with Gasteiger partial charge in [0.2, 0.25) is 8.38 Å². The number of hydrogen-bond donors (Lipinski definition) is 0. The van der Waals surface area contributed by atoms with E-state index < -0.39 is 8.38 Å². The Morgan fingerprint density at radius 2 is 1.74 bits per heavy atom. The van der Waals surface area contributed by atoms with Gasteiger partial charge >= 0.3 is 0 Å². The van der Waals surface area contributed by atoms with E-state index in [0.717, 1.165) is 22.0 Å². The lowest BCUT2D eigenvalue weighted by Gasteiger charge is -2.17. The van der Waals surface area contributed by atoms with Gasteiger partial charge in [0.1, 0.15) is 11.3 Å². The van der Waals surface area contributed by atoms with Crippen LogP contribution >= 0.6 is 8.38 Å². The van der Waals surface area contributed by atoms with E-state index in [0.29, 0.717) is 13.2 Å². The van der Waals surface area contributed by atoms with Crippen LogP contribution in [-0.4, -0.2) is 23.0 Å². The number of rotatable bonds is 6. The van der Waals surface area contributed by atoms with Crippen LogP contribution in [0.5, 0.6) is 0 Å². The molecule has 0 amide bonds. The van der Waals surface area contributed by atoms with Crippen LogP contribution in [0.3, 0.4) is 0 Å². The molecule has 0 N–H and O–H groups in total. The van der Waals surface area contributed by atoms with Gasteiger partial charge in [-0.2, -0.15) is 5.10 Å². The lowest BCUT2D eigenvalue weighted by molar-refractivity contribution is 0.276. The van der Waals surface area contributed by atoms with Crippen LogP contribution in [0.25, 0.3) is 16.6 Å². The summed E-state index contributed by atoms with van der Waals surface area (Å²) in [5.74, 6) is -0.297. The molecule has 3 aromatic rings. The summed E-state index contributed by atoms with van der Waals surface area (Å²) in [4.78, 5) is 0. The van der Waals surface area contributed by atoms with E-state index in [1.807, 2.05) is 44.2 Å². The molecule has 0 aliphatic heterocycles. The molecule has 0 spiro atoms. The predicted octanol–water partition coefficient (Wildman–Crippen LogP) is 4.17. The molecule has 0 atom stereocenters. The van der Waals surface area contributed by atoms with E-state index >= 15 is 0 Å². The fourth-order valence-electron chi connectivity index (χ4n) is 2.36. The Morgan fingerprint density at radius 3 is 2.39 bits per heavy atom. The van der Waals surface area contributed by atoms with Crippen molar-refractivity contribution in [3.63, 3.8) is 0 Å². The van der Waals surface area contributed by atoms with Gasteiger partial charge in [0.25, 0.3) is 0 Å². The van der Waals surface area contributed by atoms with Gasteiger partial charge in [0.15, 0.2) is 0 Å². The monoisotopic (exact) mass is 332 g/mol. The molecule has 120 valence electrons. The lowest BCUT2D eigenvalue weighted by Crippen LogP contribution is -2.18. The molecule has 23 heavy (non-hydrogen) atoms. The first-order chi connectivity index (χ1) is 11.2. The molecular formula is C17H18FN2O2P. The number of para-hydroxylation sites is 1. The summed E-state index contributed by atoms with van der Waals surface area (Å²) in [6.45, 7) is 4.87. The number of benzene rings is 2. The maximum absolute atomic E-state index is 13.8. The molecule has 0 fully saturated rings. The minimum atomic E-state index is -1.34. The van der Waals surface area contributed by atoms with Crippen molar-refractivity contribution in [2.75, 3.05) is 13.2 Å². The number of aromatic nitrogens is 2. The molecule has 2 aromatic carbocycles. The van der Waals surface area contributed by atoms with Gasteiger partial charge in [-0.3, -0.25) is 0 Å². The molecule has 3 rings (SSSR count). The summed E-state index contributed by atoms with van der Waals surface area (Å²) in [6, 6.07) is 14.3. The highest BCUT2D eigenvalue weighted by atomic mass is 31.2. The first kappa shape index (κ1) is 16.1. The van der Waals surface area contributed by atoms with E-state index in [1.54, 1.807) is 10.7 Å². The smallest absolute Gasteiger partial charge is 0.225 e. The Kier molecular flexibility index (Phi) is 5.01. The third kappa shape index (κ3) is 3.27. The highest BCUT2D eigenvalue weighted by Crippen LogP contribution is 2.40. The van der Waals surface area contributed by atoms with Gasteiger partial charge in [-0.1, -0.05) is 18.2 Å². The molecule has 4 nitrogen and oxygen atoms in total. The number of hydrogen-bond acceptors (Lipinski definition) is 3. The Balaban J connectivity index is 2.24. The van der Waals surface area contributed by atoms with E-state index in [1.165, 1.54) is 12.1 Å². The molecule has 1 heterocycles. The molecule has 0 radical (unpaired) electrons. The van der Waals surface area contributed by atoms with Crippen molar-refractivity contribution in [3.05, 3.63) is 54.3 Å². The number of fused-ring (bicyclic) bond motifs is 1. The van der Waals surface area contributed by atoms with Crippen LogP contribution in [0, 0.1) is 5.82 Å². The second-order valence-electron chi connectivity index (χ2n) is 4.83. The summed E-state index contributed by atoms with van der Waals surface area (Å²) < 4.78 is 27.1. The minimum Gasteiger partial charge on any atom is -0.330 e. The van der Waals surface area contributed by atoms with Crippen molar-refractivity contribution in [3.8, 4) is 5.69 Å². The average molecular weight is 332 g/mol. The molecule has 0 unspecified atom stereocenters. The van der Waals surface area contributed by atoms with Crippen molar-refractivity contribution < 1.29 is 13.4 Å². The fourth-order valence-corrected chi connectivity index (χ4v) is 3.84. The summed E-state index contributed by atoms with van der Waals surface area (Å²) in [6.07, 6.45) is 0. The van der Waals surface area contributed by atoms with E-state index in [9.17, 15) is 4.39 Å². The van der Waals surface area contributed by atoms with Gasteiger partial charge < -0.3 is 9.05 Å². The van der Waals surface area contributed by atoms with Gasteiger partial charge in [-0.05, 0) is 44.2 Å². The van der Waals surface area contributed by atoms with Crippen molar-refractivity contribution in [1.82, 2.24) is 9.78 Å². The second-order valence-corrected chi connectivity index (χ2v) is 6.28. The molecule has 0 saturated heterocycles. The predicted molar refractivity (Wildman–Crippen MR) is 90.8 cm³/mol. The highest BCUT2D eigenvalue weighted by Gasteiger charge is 2.24. The van der Waals surface area contributed by atoms with E-state index in [2.05, 4.69) is 5.10 Å². The molecule has 1 aromatic heterocycles. The normalized spacial score (nSPS) is 11.5. The SMILES string of the molecule is CCOP(OCC)c1c2cc(F)ccc2nn1-c1ccccc1. The zero-order chi connectivity index (χ0) is 16.2. The van der Waals surface area contributed by atoms with Crippen LogP contribution in [0.4, 0.5) is 4.39 Å². The van der Waals surface area contributed by atoms with Crippen LogP contribution in [0.1, 0.15) is 13.8 Å². The van der Waals surface area contributed by atoms with Crippen LogP contribution in [0.15, 0.2) is 48.5 Å². The van der Waals surface area contributed by atoms with Gasteiger partial charge in [-0.25, -0.2) is 9.07 Å². The highest BCUT2D eigenvalue weighted by molar-refractivity contribution is 7.56. The van der Waals surface area contributed by atoms with Gasteiger partial charge in [-0.15, -0.1) is 0 Å². The number of halogens is 1. The number of nitrogens with zero attached hydrogens (tertiary/aromatic N) is 2. The molecule has 0 aliphatic rings. The van der Waals surface area contributed by atoms with E-state index in [4.69, 9.17) is 9.05 Å². The molecule has 0 saturated carbocycles. The van der Waals surface area contributed by atoms with Crippen molar-refractivity contribution in [1.29, 1.82) is 0 Å². The summed E-state index contributed by atoms with van der Waals surface area (Å²) in [7, 11) is -1.34. The zero-order valence-corrected chi connectivity index (χ0v) is 14.0. The molecule has 0 bridgehead atoms. The van der Waals surface area contributed by atoms with Crippen molar-refractivity contribution in [2.24, 2.45) is 0 Å². The Labute approximate surface area is 135 Å². The Morgan fingerprint density at radius 1 is 1.04 bits per heavy atom.